The van der Waals surface area contributed by atoms with E-state index in [1.165, 1.54) is 0 Å². The zero-order valence-corrected chi connectivity index (χ0v) is 16.4. The number of hydrogen-bond donors (Lipinski definition) is 1. The molecule has 8 heteroatoms. The normalized spacial score (nSPS) is 15.5. The van der Waals surface area contributed by atoms with Crippen molar-refractivity contribution in [1.29, 1.82) is 0 Å². The molecule has 1 aromatic carbocycles. The van der Waals surface area contributed by atoms with Crippen molar-refractivity contribution >= 4 is 40.0 Å². The third kappa shape index (κ3) is 3.14. The fourth-order valence-electron chi connectivity index (χ4n) is 3.07. The third-order valence-electron chi connectivity index (χ3n) is 4.66. The lowest BCUT2D eigenvalue weighted by molar-refractivity contribution is 0.0697. The van der Waals surface area contributed by atoms with Crippen molar-refractivity contribution in [2.75, 3.05) is 38.1 Å². The van der Waals surface area contributed by atoms with Crippen molar-refractivity contribution in [1.82, 2.24) is 19.3 Å². The van der Waals surface area contributed by atoms with E-state index in [2.05, 4.69) is 44.4 Å². The van der Waals surface area contributed by atoms with Gasteiger partial charge in [0.05, 0.1) is 17.5 Å². The molecule has 1 fully saturated rings. The molecule has 134 valence electrons. The van der Waals surface area contributed by atoms with Gasteiger partial charge in [0.15, 0.2) is 11.5 Å². The van der Waals surface area contributed by atoms with E-state index in [0.29, 0.717) is 0 Å². The summed E-state index contributed by atoms with van der Waals surface area (Å²) in [5, 5.41) is 9.03. The highest BCUT2D eigenvalue weighted by Crippen LogP contribution is 2.26. The summed E-state index contributed by atoms with van der Waals surface area (Å²) in [6, 6.07) is 6.75. The molecule has 26 heavy (non-hydrogen) atoms. The number of carboxylic acids is 1. The second-order valence-corrected chi connectivity index (χ2v) is 7.42. The number of imidazole rings is 1. The highest BCUT2D eigenvalue weighted by molar-refractivity contribution is 14.1. The first-order valence-corrected chi connectivity index (χ1v) is 9.41. The minimum Gasteiger partial charge on any atom is -0.478 e. The van der Waals surface area contributed by atoms with Crippen LogP contribution in [-0.4, -0.2) is 63.6 Å². The molecule has 0 atom stereocenters. The van der Waals surface area contributed by atoms with Crippen molar-refractivity contribution in [2.24, 2.45) is 0 Å². The third-order valence-corrected chi connectivity index (χ3v) is 5.67. The Morgan fingerprint density at radius 1 is 1.15 bits per heavy atom. The Kier molecular flexibility index (Phi) is 4.53. The van der Waals surface area contributed by atoms with Crippen LogP contribution in [-0.2, 0) is 0 Å². The Balaban J connectivity index is 1.69. The van der Waals surface area contributed by atoms with Gasteiger partial charge in [-0.1, -0.05) is 12.1 Å². The number of aromatic nitrogens is 3. The van der Waals surface area contributed by atoms with E-state index in [4.69, 9.17) is 10.1 Å². The van der Waals surface area contributed by atoms with E-state index in [9.17, 15) is 4.79 Å². The van der Waals surface area contributed by atoms with Crippen LogP contribution in [0.3, 0.4) is 0 Å². The first kappa shape index (κ1) is 17.2. The van der Waals surface area contributed by atoms with Gasteiger partial charge in [0.1, 0.15) is 3.70 Å². The number of carbonyl (C=O) groups is 1. The lowest BCUT2D eigenvalue weighted by Crippen LogP contribution is -2.44. The van der Waals surface area contributed by atoms with Gasteiger partial charge in [-0.25, -0.2) is 9.78 Å². The van der Waals surface area contributed by atoms with E-state index in [1.807, 2.05) is 10.6 Å². The van der Waals surface area contributed by atoms with Crippen LogP contribution in [0.1, 0.15) is 10.4 Å². The van der Waals surface area contributed by atoms with Crippen LogP contribution in [0.15, 0.2) is 36.7 Å². The summed E-state index contributed by atoms with van der Waals surface area (Å²) in [6.45, 7) is 3.99. The number of halogens is 1. The average Bonchev–Trinajstić information content (AvgIpc) is 2.99. The van der Waals surface area contributed by atoms with Gasteiger partial charge in [-0.15, -0.1) is 0 Å². The van der Waals surface area contributed by atoms with E-state index < -0.39 is 5.97 Å². The largest absolute Gasteiger partial charge is 0.478 e. The molecule has 1 aliphatic rings. The van der Waals surface area contributed by atoms with E-state index in [-0.39, 0.29) is 5.56 Å². The summed E-state index contributed by atoms with van der Waals surface area (Å²) in [4.78, 5) is 24.9. The van der Waals surface area contributed by atoms with Crippen LogP contribution in [0.4, 0.5) is 5.82 Å². The van der Waals surface area contributed by atoms with Crippen molar-refractivity contribution < 1.29 is 9.90 Å². The molecule has 0 saturated carbocycles. The first-order chi connectivity index (χ1) is 12.5. The monoisotopic (exact) mass is 463 g/mol. The van der Waals surface area contributed by atoms with Gasteiger partial charge in [0.25, 0.3) is 0 Å². The van der Waals surface area contributed by atoms with Gasteiger partial charge < -0.3 is 14.9 Å². The van der Waals surface area contributed by atoms with Gasteiger partial charge in [0.2, 0.25) is 0 Å². The van der Waals surface area contributed by atoms with Gasteiger partial charge in [-0.3, -0.25) is 9.38 Å². The quantitative estimate of drug-likeness (QED) is 0.602. The zero-order valence-electron chi connectivity index (χ0n) is 14.3. The molecule has 0 bridgehead atoms. The van der Waals surface area contributed by atoms with Crippen molar-refractivity contribution in [3.63, 3.8) is 0 Å². The van der Waals surface area contributed by atoms with Crippen LogP contribution >= 0.6 is 22.6 Å². The maximum atomic E-state index is 11.0. The molecule has 0 unspecified atom stereocenters. The molecule has 7 nitrogen and oxygen atoms in total. The lowest BCUT2D eigenvalue weighted by Gasteiger charge is -2.32. The maximum Gasteiger partial charge on any atom is 0.335 e. The first-order valence-electron chi connectivity index (χ1n) is 8.34. The lowest BCUT2D eigenvalue weighted by atomic mass is 10.1. The van der Waals surface area contributed by atoms with Crippen LogP contribution in [0.2, 0.25) is 0 Å². The second kappa shape index (κ2) is 6.84. The average molecular weight is 463 g/mol. The molecule has 2 aromatic heterocycles. The molecule has 0 spiro atoms. The Labute approximate surface area is 164 Å². The highest BCUT2D eigenvalue weighted by Gasteiger charge is 2.21. The summed E-state index contributed by atoms with van der Waals surface area (Å²) in [5.74, 6) is 0.0693. The molecule has 0 radical (unpaired) electrons. The summed E-state index contributed by atoms with van der Waals surface area (Å²) in [7, 11) is 2.14. The SMILES string of the molecule is CN1CCN(c2nc3cnc(-c4ccc(C(=O)O)cc4)cn3c2I)CC1. The minimum atomic E-state index is -0.930. The highest BCUT2D eigenvalue weighted by atomic mass is 127. The molecular formula is C18H18IN5O2. The van der Waals surface area contributed by atoms with Gasteiger partial charge in [-0.05, 0) is 41.8 Å². The summed E-state index contributed by atoms with van der Waals surface area (Å²) in [5.41, 5.74) is 2.75. The smallest absolute Gasteiger partial charge is 0.335 e. The molecule has 1 aliphatic heterocycles. The number of anilines is 1. The van der Waals surface area contributed by atoms with Crippen molar-refractivity contribution in [3.8, 4) is 11.3 Å². The Hall–Kier alpha value is -2.20. The molecule has 4 rings (SSSR count). The van der Waals surface area contributed by atoms with Gasteiger partial charge in [-0.2, -0.15) is 0 Å². The van der Waals surface area contributed by atoms with E-state index in [0.717, 1.165) is 52.6 Å². The van der Waals surface area contributed by atoms with Crippen LogP contribution in [0.5, 0.6) is 0 Å². The summed E-state index contributed by atoms with van der Waals surface area (Å²) in [6.07, 6.45) is 3.72. The number of hydrogen-bond acceptors (Lipinski definition) is 5. The molecule has 1 saturated heterocycles. The van der Waals surface area contributed by atoms with E-state index in [1.54, 1.807) is 30.5 Å². The number of fused-ring (bicyclic) bond motifs is 1. The Bertz CT molecular complexity index is 962. The van der Waals surface area contributed by atoms with Crippen LogP contribution in [0, 0.1) is 3.70 Å². The van der Waals surface area contributed by atoms with Gasteiger partial charge in [0, 0.05) is 37.9 Å². The standard InChI is InChI=1S/C18H18IN5O2/c1-22-6-8-23(9-7-22)17-16(19)24-11-14(20-10-15(24)21-17)12-2-4-13(5-3-12)18(25)26/h2-5,10-11H,6-9H2,1H3,(H,25,26). The molecule has 1 N–H and O–H groups in total. The number of piperazine rings is 1. The molecular weight excluding hydrogens is 445 g/mol. The number of carboxylic acid groups (broad SMARTS) is 1. The fraction of sp³-hybridized carbons (Fsp3) is 0.278. The maximum absolute atomic E-state index is 11.0. The Morgan fingerprint density at radius 2 is 1.85 bits per heavy atom. The predicted octanol–water partition coefficient (Wildman–Crippen LogP) is 2.45. The fourth-order valence-corrected chi connectivity index (χ4v) is 3.91. The van der Waals surface area contributed by atoms with E-state index >= 15 is 0 Å². The van der Waals surface area contributed by atoms with Crippen LogP contribution in [0.25, 0.3) is 16.9 Å². The molecule has 3 heterocycles. The molecule has 0 amide bonds. The summed E-state index contributed by atoms with van der Waals surface area (Å²) >= 11 is 2.33. The molecule has 3 aromatic rings. The Morgan fingerprint density at radius 3 is 2.50 bits per heavy atom. The predicted molar refractivity (Wildman–Crippen MR) is 108 cm³/mol. The minimum absolute atomic E-state index is 0.268. The molecule has 0 aliphatic carbocycles. The van der Waals surface area contributed by atoms with Crippen LogP contribution < -0.4 is 4.90 Å². The van der Waals surface area contributed by atoms with Crippen molar-refractivity contribution in [3.05, 3.63) is 45.9 Å². The number of aromatic carboxylic acids is 1. The number of likely N-dealkylation sites (N-methyl/N-ethyl adjacent to an activating group) is 1. The van der Waals surface area contributed by atoms with Crippen molar-refractivity contribution in [2.45, 2.75) is 0 Å². The second-order valence-electron chi connectivity index (χ2n) is 6.40. The zero-order chi connectivity index (χ0) is 18.3. The number of rotatable bonds is 3. The summed E-state index contributed by atoms with van der Waals surface area (Å²) < 4.78 is 3.11. The number of nitrogens with zero attached hydrogens (tertiary/aromatic N) is 5. The van der Waals surface area contributed by atoms with Gasteiger partial charge >= 0.3 is 5.97 Å². The number of benzene rings is 1. The topological polar surface area (TPSA) is 74.0 Å².